The molecule has 0 saturated carbocycles. The Morgan fingerprint density at radius 3 is 1.00 bits per heavy atom. The SMILES string of the molecule is O=P([O-])([O-])[O-].c1csc[nH+]1.c1csc[nH+]1.c1csc[nH+]1. The van der Waals surface area contributed by atoms with Crippen molar-refractivity contribution in [1.29, 1.82) is 0 Å². The van der Waals surface area contributed by atoms with E-state index >= 15 is 0 Å². The summed E-state index contributed by atoms with van der Waals surface area (Å²) in [6, 6.07) is 0. The van der Waals surface area contributed by atoms with Crippen molar-refractivity contribution in [1.82, 2.24) is 0 Å². The lowest BCUT2D eigenvalue weighted by molar-refractivity contribution is -0.432. The maximum atomic E-state index is 8.55. The van der Waals surface area contributed by atoms with Gasteiger partial charge in [-0.1, -0.05) is 34.0 Å². The maximum Gasteiger partial charge on any atom is 0.222 e. The third-order valence-electron chi connectivity index (χ3n) is 1.14. The van der Waals surface area contributed by atoms with Crippen LogP contribution in [-0.4, -0.2) is 0 Å². The van der Waals surface area contributed by atoms with E-state index < -0.39 is 7.82 Å². The van der Waals surface area contributed by atoms with E-state index in [0.29, 0.717) is 0 Å². The molecular formula is C9H12N3O4PS3. The highest BCUT2D eigenvalue weighted by Gasteiger charge is 1.69. The average molecular weight is 353 g/mol. The van der Waals surface area contributed by atoms with Crippen molar-refractivity contribution >= 4 is 41.8 Å². The normalized spacial score (nSPS) is 8.95. The minimum absolute atomic E-state index is 1.66. The van der Waals surface area contributed by atoms with Gasteiger partial charge >= 0.3 is 0 Å². The highest BCUT2D eigenvalue weighted by Crippen LogP contribution is 2.03. The van der Waals surface area contributed by atoms with Crippen molar-refractivity contribution in [3.63, 3.8) is 0 Å². The monoisotopic (exact) mass is 353 g/mol. The molecule has 110 valence electrons. The molecule has 0 fully saturated rings. The van der Waals surface area contributed by atoms with Gasteiger partial charge in [-0.3, -0.25) is 0 Å². The Kier molecular flexibility index (Phi) is 12.4. The Labute approximate surface area is 127 Å². The van der Waals surface area contributed by atoms with Gasteiger partial charge in [0.15, 0.2) is 18.6 Å². The lowest BCUT2D eigenvalue weighted by Gasteiger charge is -2.36. The van der Waals surface area contributed by atoms with Gasteiger partial charge in [0.2, 0.25) is 16.5 Å². The van der Waals surface area contributed by atoms with Crippen LogP contribution in [0.4, 0.5) is 0 Å². The first-order valence-electron chi connectivity index (χ1n) is 4.88. The summed E-state index contributed by atoms with van der Waals surface area (Å²) < 4.78 is 8.55. The van der Waals surface area contributed by atoms with Crippen LogP contribution in [0.15, 0.2) is 51.3 Å². The zero-order valence-electron chi connectivity index (χ0n) is 10.0. The van der Waals surface area contributed by atoms with Crippen LogP contribution < -0.4 is 29.6 Å². The average Bonchev–Trinajstić information content (AvgIpc) is 3.17. The van der Waals surface area contributed by atoms with E-state index in [9.17, 15) is 0 Å². The van der Waals surface area contributed by atoms with Gasteiger partial charge in [-0.2, -0.15) is 7.82 Å². The van der Waals surface area contributed by atoms with E-state index in [4.69, 9.17) is 19.2 Å². The molecular weight excluding hydrogens is 341 g/mol. The van der Waals surface area contributed by atoms with Gasteiger partial charge in [0.1, 0.15) is 0 Å². The summed E-state index contributed by atoms with van der Waals surface area (Å²) in [5.41, 5.74) is 5.75. The Morgan fingerprint density at radius 2 is 0.950 bits per heavy atom. The third kappa shape index (κ3) is 22.2. The van der Waals surface area contributed by atoms with Crippen LogP contribution in [0, 0.1) is 0 Å². The molecule has 0 unspecified atom stereocenters. The summed E-state index contributed by atoms with van der Waals surface area (Å²) >= 11 is 4.97. The quantitative estimate of drug-likeness (QED) is 0.473. The highest BCUT2D eigenvalue weighted by molar-refractivity contribution is 7.40. The number of phosphoric acid groups is 1. The van der Waals surface area contributed by atoms with Crippen molar-refractivity contribution in [2.45, 2.75) is 0 Å². The molecule has 0 atom stereocenters. The standard InChI is InChI=1S/3C3H3NS.H3O4P/c3*1-2-5-3-4-1;1-5(2,3)4/h3*1-3H;(H3,1,2,3,4). The number of aromatic amines is 3. The molecule has 3 aromatic rings. The smallest absolute Gasteiger partial charge is 0.222 e. The molecule has 0 aliphatic heterocycles. The van der Waals surface area contributed by atoms with Crippen LogP contribution in [0.25, 0.3) is 0 Å². The zero-order chi connectivity index (χ0) is 15.1. The predicted molar refractivity (Wildman–Crippen MR) is 70.2 cm³/mol. The minimum Gasteiger partial charge on any atom is -0.822 e. The van der Waals surface area contributed by atoms with Crippen LogP contribution in [0.2, 0.25) is 0 Å². The Bertz CT molecular complexity index is 390. The van der Waals surface area contributed by atoms with Crippen molar-refractivity contribution in [2.24, 2.45) is 0 Å². The predicted octanol–water partition coefficient (Wildman–Crippen LogP) is -1.14. The van der Waals surface area contributed by atoms with E-state index in [2.05, 4.69) is 15.0 Å². The molecule has 3 rings (SSSR count). The number of nitrogens with one attached hydrogen (secondary N) is 3. The lowest BCUT2D eigenvalue weighted by atomic mass is 11.0. The van der Waals surface area contributed by atoms with E-state index in [1.807, 2.05) is 51.3 Å². The first kappa shape index (κ1) is 19.0. The van der Waals surface area contributed by atoms with Crippen molar-refractivity contribution in [3.05, 3.63) is 51.3 Å². The number of hydrogen-bond acceptors (Lipinski definition) is 7. The molecule has 0 aliphatic rings. The summed E-state index contributed by atoms with van der Waals surface area (Å²) in [6.45, 7) is 0. The van der Waals surface area contributed by atoms with E-state index in [0.717, 1.165) is 0 Å². The van der Waals surface area contributed by atoms with Gasteiger partial charge in [-0.05, 0) is 0 Å². The number of H-pyrrole nitrogens is 3. The molecule has 0 radical (unpaired) electrons. The summed E-state index contributed by atoms with van der Waals surface area (Å²) in [5, 5.41) is 5.96. The molecule has 0 amide bonds. The second kappa shape index (κ2) is 13.0. The molecule has 20 heavy (non-hydrogen) atoms. The molecule has 0 saturated heterocycles. The summed E-state index contributed by atoms with van der Waals surface area (Å²) in [5.74, 6) is 0. The number of aromatic nitrogens is 3. The Balaban J connectivity index is 0.000000241. The van der Waals surface area contributed by atoms with Crippen LogP contribution in [0.1, 0.15) is 0 Å². The van der Waals surface area contributed by atoms with E-state index in [-0.39, 0.29) is 0 Å². The Morgan fingerprint density at radius 1 is 0.700 bits per heavy atom. The number of thiazole rings is 3. The molecule has 0 spiro atoms. The number of hydrogen-bond donors (Lipinski definition) is 0. The molecule has 3 N–H and O–H groups in total. The minimum atomic E-state index is -5.39. The molecule has 3 heterocycles. The van der Waals surface area contributed by atoms with Crippen LogP contribution in [0.3, 0.4) is 0 Å². The maximum absolute atomic E-state index is 8.55. The van der Waals surface area contributed by atoms with Crippen molar-refractivity contribution < 1.29 is 34.2 Å². The lowest BCUT2D eigenvalue weighted by Crippen LogP contribution is -2.24. The van der Waals surface area contributed by atoms with Gasteiger partial charge in [0.25, 0.3) is 0 Å². The summed E-state index contributed by atoms with van der Waals surface area (Å²) in [4.78, 5) is 34.3. The zero-order valence-corrected chi connectivity index (χ0v) is 13.3. The van der Waals surface area contributed by atoms with Crippen molar-refractivity contribution in [2.75, 3.05) is 0 Å². The van der Waals surface area contributed by atoms with Crippen LogP contribution in [-0.2, 0) is 4.57 Å². The second-order valence-corrected chi connectivity index (χ2v) is 5.85. The molecule has 3 aromatic heterocycles. The van der Waals surface area contributed by atoms with Gasteiger partial charge in [-0.25, -0.2) is 15.0 Å². The molecule has 0 bridgehead atoms. The molecule has 0 aliphatic carbocycles. The van der Waals surface area contributed by atoms with E-state index in [1.165, 1.54) is 0 Å². The molecule has 7 nitrogen and oxygen atoms in total. The fourth-order valence-corrected chi connectivity index (χ4v) is 1.77. The first-order valence-corrected chi connectivity index (χ1v) is 9.17. The van der Waals surface area contributed by atoms with Gasteiger partial charge in [0.05, 0.1) is 16.1 Å². The van der Waals surface area contributed by atoms with Crippen LogP contribution >= 0.6 is 41.8 Å². The second-order valence-electron chi connectivity index (χ2n) is 2.62. The van der Waals surface area contributed by atoms with Crippen LogP contribution in [0.5, 0.6) is 0 Å². The van der Waals surface area contributed by atoms with Crippen molar-refractivity contribution in [3.8, 4) is 0 Å². The summed E-state index contributed by atoms with van der Waals surface area (Å²) in [7, 11) is -5.39. The van der Waals surface area contributed by atoms with Gasteiger partial charge < -0.3 is 19.2 Å². The first-order chi connectivity index (χ1) is 9.50. The summed E-state index contributed by atoms with van der Waals surface area (Å²) in [6.07, 6.45) is 5.68. The molecule has 0 aromatic carbocycles. The highest BCUT2D eigenvalue weighted by atomic mass is 32.1. The third-order valence-corrected chi connectivity index (χ3v) is 2.83. The largest absolute Gasteiger partial charge is 0.822 e. The van der Waals surface area contributed by atoms with E-state index in [1.54, 1.807) is 34.0 Å². The van der Waals surface area contributed by atoms with Gasteiger partial charge in [-0.15, -0.1) is 0 Å². The topological polar surface area (TPSA) is 129 Å². The molecule has 11 heteroatoms. The fourth-order valence-electron chi connectivity index (χ4n) is 0.589. The number of rotatable bonds is 0. The fraction of sp³-hybridized carbons (Fsp3) is 0. The van der Waals surface area contributed by atoms with Gasteiger partial charge in [0, 0.05) is 0 Å². The Hall–Kier alpha value is -1.00.